The minimum atomic E-state index is -0.322. The molecule has 1 aliphatic carbocycles. The van der Waals surface area contributed by atoms with E-state index in [0.29, 0.717) is 27.9 Å². The summed E-state index contributed by atoms with van der Waals surface area (Å²) in [6, 6.07) is 19.3. The van der Waals surface area contributed by atoms with Crippen molar-refractivity contribution < 1.29 is 14.4 Å². The Kier molecular flexibility index (Phi) is 3.73. The molecule has 4 rings (SSSR count). The summed E-state index contributed by atoms with van der Waals surface area (Å²) in [6.07, 6.45) is 0. The van der Waals surface area contributed by atoms with E-state index in [9.17, 15) is 14.4 Å². The molecule has 0 unspecified atom stereocenters. The van der Waals surface area contributed by atoms with Crippen LogP contribution in [-0.4, -0.2) is 17.5 Å². The summed E-state index contributed by atoms with van der Waals surface area (Å²) in [4.78, 5) is 36.6. The lowest BCUT2D eigenvalue weighted by molar-refractivity contribution is 0.101. The van der Waals surface area contributed by atoms with Crippen LogP contribution in [0.2, 0.25) is 0 Å². The average Bonchev–Trinajstić information content (AvgIpc) is 2.94. The molecule has 1 amide bonds. The first kappa shape index (κ1) is 16.0. The van der Waals surface area contributed by atoms with Gasteiger partial charge in [0.15, 0.2) is 11.6 Å². The Hall–Kier alpha value is -3.53. The number of fused-ring (bicyclic) bond motifs is 3. The Labute approximate surface area is 150 Å². The maximum absolute atomic E-state index is 12.6. The number of ketones is 2. The van der Waals surface area contributed by atoms with Gasteiger partial charge in [-0.2, -0.15) is 0 Å². The Morgan fingerprint density at radius 2 is 1.46 bits per heavy atom. The minimum absolute atomic E-state index is 0.0659. The molecule has 0 bridgehead atoms. The Balaban J connectivity index is 1.64. The van der Waals surface area contributed by atoms with Crippen molar-refractivity contribution in [1.29, 1.82) is 0 Å². The lowest BCUT2D eigenvalue weighted by atomic mass is 10.0. The van der Waals surface area contributed by atoms with Crippen LogP contribution in [0.3, 0.4) is 0 Å². The Bertz CT molecular complexity index is 1080. The van der Waals surface area contributed by atoms with Crippen molar-refractivity contribution in [3.05, 3.63) is 89.0 Å². The van der Waals surface area contributed by atoms with Gasteiger partial charge in [0.25, 0.3) is 5.91 Å². The summed E-state index contributed by atoms with van der Waals surface area (Å²) in [5.41, 5.74) is 4.42. The minimum Gasteiger partial charge on any atom is -0.322 e. The average molecular weight is 341 g/mol. The highest BCUT2D eigenvalue weighted by Crippen LogP contribution is 2.36. The zero-order valence-electron chi connectivity index (χ0n) is 14.1. The predicted molar refractivity (Wildman–Crippen MR) is 99.7 cm³/mol. The van der Waals surface area contributed by atoms with E-state index in [1.165, 1.54) is 6.92 Å². The fourth-order valence-corrected chi connectivity index (χ4v) is 3.19. The zero-order valence-corrected chi connectivity index (χ0v) is 14.1. The van der Waals surface area contributed by atoms with Crippen molar-refractivity contribution in [2.45, 2.75) is 6.92 Å². The van der Waals surface area contributed by atoms with Gasteiger partial charge in [-0.25, -0.2) is 0 Å². The van der Waals surface area contributed by atoms with Gasteiger partial charge < -0.3 is 5.32 Å². The first-order chi connectivity index (χ1) is 12.5. The molecule has 0 atom stereocenters. The van der Waals surface area contributed by atoms with E-state index in [0.717, 1.165) is 11.1 Å². The second kappa shape index (κ2) is 6.08. The van der Waals surface area contributed by atoms with Crippen molar-refractivity contribution >= 4 is 23.2 Å². The van der Waals surface area contributed by atoms with Crippen molar-refractivity contribution in [2.75, 3.05) is 5.32 Å². The molecule has 126 valence electrons. The van der Waals surface area contributed by atoms with Gasteiger partial charge in [-0.3, -0.25) is 14.4 Å². The molecule has 0 spiro atoms. The zero-order chi connectivity index (χ0) is 18.3. The molecule has 1 aliphatic rings. The van der Waals surface area contributed by atoms with Crippen LogP contribution in [0.15, 0.2) is 66.7 Å². The molecule has 0 radical (unpaired) electrons. The van der Waals surface area contributed by atoms with Crippen molar-refractivity contribution in [1.82, 2.24) is 0 Å². The van der Waals surface area contributed by atoms with Gasteiger partial charge in [-0.15, -0.1) is 0 Å². The summed E-state index contributed by atoms with van der Waals surface area (Å²) in [5, 5.41) is 2.78. The smallest absolute Gasteiger partial charge is 0.255 e. The van der Waals surface area contributed by atoms with Gasteiger partial charge in [0.1, 0.15) is 0 Å². The van der Waals surface area contributed by atoms with Crippen LogP contribution < -0.4 is 5.32 Å². The third-order valence-corrected chi connectivity index (χ3v) is 4.52. The van der Waals surface area contributed by atoms with Gasteiger partial charge in [-0.1, -0.05) is 42.5 Å². The first-order valence-corrected chi connectivity index (χ1v) is 8.25. The number of amides is 1. The number of hydrogen-bond donors (Lipinski definition) is 1. The van der Waals surface area contributed by atoms with Crippen LogP contribution in [0, 0.1) is 0 Å². The molecule has 0 aliphatic heterocycles. The number of nitrogens with one attached hydrogen (secondary N) is 1. The summed E-state index contributed by atoms with van der Waals surface area (Å²) in [5.74, 6) is -0.455. The molecule has 4 heteroatoms. The standard InChI is InChI=1S/C22H15NO3/c1-13(24)14-5-4-6-16(11-14)23-22(26)15-9-10-18-17-7-2-3-8-19(17)21(25)20(18)12-15/h2-12H,1H3,(H,23,26). The van der Waals surface area contributed by atoms with E-state index in [1.807, 2.05) is 18.2 Å². The highest BCUT2D eigenvalue weighted by molar-refractivity contribution is 6.22. The lowest BCUT2D eigenvalue weighted by Crippen LogP contribution is -2.13. The molecule has 1 N–H and O–H groups in total. The molecule has 0 heterocycles. The summed E-state index contributed by atoms with van der Waals surface area (Å²) >= 11 is 0. The maximum atomic E-state index is 12.6. The molecule has 3 aromatic rings. The number of hydrogen-bond acceptors (Lipinski definition) is 3. The van der Waals surface area contributed by atoms with Crippen LogP contribution >= 0.6 is 0 Å². The maximum Gasteiger partial charge on any atom is 0.255 e. The van der Waals surface area contributed by atoms with E-state index in [2.05, 4.69) is 5.32 Å². The van der Waals surface area contributed by atoms with E-state index < -0.39 is 0 Å². The third-order valence-electron chi connectivity index (χ3n) is 4.52. The highest BCUT2D eigenvalue weighted by Gasteiger charge is 2.27. The molecule has 0 saturated heterocycles. The molecule has 3 aromatic carbocycles. The molecular weight excluding hydrogens is 326 g/mol. The van der Waals surface area contributed by atoms with Crippen LogP contribution in [0.4, 0.5) is 5.69 Å². The number of carbonyl (C=O) groups is 3. The molecule has 4 nitrogen and oxygen atoms in total. The van der Waals surface area contributed by atoms with Crippen molar-refractivity contribution in [3.8, 4) is 11.1 Å². The Morgan fingerprint density at radius 1 is 0.731 bits per heavy atom. The number of rotatable bonds is 3. The normalized spacial score (nSPS) is 11.7. The second-order valence-electron chi connectivity index (χ2n) is 6.23. The van der Waals surface area contributed by atoms with E-state index in [4.69, 9.17) is 0 Å². The number of benzene rings is 3. The monoisotopic (exact) mass is 341 g/mol. The van der Waals surface area contributed by atoms with E-state index in [-0.39, 0.29) is 17.5 Å². The first-order valence-electron chi connectivity index (χ1n) is 8.25. The van der Waals surface area contributed by atoms with Crippen LogP contribution in [0.5, 0.6) is 0 Å². The number of Topliss-reactive ketones (excluding diaryl/α,β-unsaturated/α-hetero) is 1. The van der Waals surface area contributed by atoms with Gasteiger partial charge in [0.2, 0.25) is 0 Å². The summed E-state index contributed by atoms with van der Waals surface area (Å²) < 4.78 is 0. The molecule has 26 heavy (non-hydrogen) atoms. The lowest BCUT2D eigenvalue weighted by Gasteiger charge is -2.08. The van der Waals surface area contributed by atoms with Crippen molar-refractivity contribution in [3.63, 3.8) is 0 Å². The van der Waals surface area contributed by atoms with Gasteiger partial charge in [0, 0.05) is 27.9 Å². The molecule has 0 saturated carbocycles. The van der Waals surface area contributed by atoms with Crippen LogP contribution in [0.1, 0.15) is 43.6 Å². The number of anilines is 1. The van der Waals surface area contributed by atoms with Crippen molar-refractivity contribution in [2.24, 2.45) is 0 Å². The van der Waals surface area contributed by atoms with Crippen LogP contribution in [-0.2, 0) is 0 Å². The van der Waals surface area contributed by atoms with Crippen LogP contribution in [0.25, 0.3) is 11.1 Å². The fourth-order valence-electron chi connectivity index (χ4n) is 3.19. The van der Waals surface area contributed by atoms with Gasteiger partial charge in [-0.05, 0) is 42.3 Å². The largest absolute Gasteiger partial charge is 0.322 e. The number of carbonyl (C=O) groups excluding carboxylic acids is 3. The second-order valence-corrected chi connectivity index (χ2v) is 6.23. The van der Waals surface area contributed by atoms with Gasteiger partial charge >= 0.3 is 0 Å². The SMILES string of the molecule is CC(=O)c1cccc(NC(=O)c2ccc3c(c2)C(=O)c2ccccc2-3)c1. The summed E-state index contributed by atoms with van der Waals surface area (Å²) in [6.45, 7) is 1.48. The topological polar surface area (TPSA) is 63.2 Å². The van der Waals surface area contributed by atoms with E-state index in [1.54, 1.807) is 48.5 Å². The highest BCUT2D eigenvalue weighted by atomic mass is 16.2. The molecule has 0 fully saturated rings. The predicted octanol–water partition coefficient (Wildman–Crippen LogP) is 4.35. The molecule has 0 aromatic heterocycles. The van der Waals surface area contributed by atoms with E-state index >= 15 is 0 Å². The third kappa shape index (κ3) is 2.62. The molecular formula is C22H15NO3. The fraction of sp³-hybridized carbons (Fsp3) is 0.0455. The summed E-state index contributed by atoms with van der Waals surface area (Å²) in [7, 11) is 0. The van der Waals surface area contributed by atoms with Gasteiger partial charge in [0.05, 0.1) is 0 Å². The quantitative estimate of drug-likeness (QED) is 0.563. The Morgan fingerprint density at radius 3 is 2.23 bits per heavy atom.